The van der Waals surface area contributed by atoms with Crippen molar-refractivity contribution in [3.8, 4) is 11.5 Å². The van der Waals surface area contributed by atoms with Gasteiger partial charge in [0.15, 0.2) is 10.5 Å². The monoisotopic (exact) mass is 492 g/mol. The Morgan fingerprint density at radius 2 is 1.41 bits per heavy atom. The summed E-state index contributed by atoms with van der Waals surface area (Å²) in [5.41, 5.74) is -0.652. The van der Waals surface area contributed by atoms with Gasteiger partial charge in [-0.15, -0.1) is 0 Å². The van der Waals surface area contributed by atoms with Gasteiger partial charge in [0.25, 0.3) is 10.1 Å². The topological polar surface area (TPSA) is 94.8 Å². The molecule has 0 aliphatic rings. The highest BCUT2D eigenvalue weighted by molar-refractivity contribution is 7.87. The van der Waals surface area contributed by atoms with Crippen LogP contribution in [0, 0.1) is 0 Å². The number of hydrogen-bond acceptors (Lipinski definition) is 4. The summed E-state index contributed by atoms with van der Waals surface area (Å²) in [6.07, 6.45) is 0. The lowest BCUT2D eigenvalue weighted by molar-refractivity contribution is 0.439. The Labute approximate surface area is 186 Å². The van der Waals surface area contributed by atoms with Crippen LogP contribution in [0.2, 0.25) is 20.1 Å². The summed E-state index contributed by atoms with van der Waals surface area (Å²) in [5, 5.41) is 20.1. The lowest BCUT2D eigenvalue weighted by atomic mass is 9.83. The fourth-order valence-electron chi connectivity index (χ4n) is 3.21. The van der Waals surface area contributed by atoms with Gasteiger partial charge in [0, 0.05) is 21.2 Å². The normalized spacial score (nSPS) is 13.8. The number of phenols is 2. The second-order valence-corrected chi connectivity index (χ2v) is 9.25. The lowest BCUT2D eigenvalue weighted by Crippen LogP contribution is -2.39. The van der Waals surface area contributed by atoms with Gasteiger partial charge in [-0.2, -0.15) is 8.42 Å². The van der Waals surface area contributed by atoms with Crippen LogP contribution in [-0.4, -0.2) is 23.2 Å². The van der Waals surface area contributed by atoms with Crippen LogP contribution in [0.25, 0.3) is 0 Å². The quantitative estimate of drug-likeness (QED) is 0.311. The summed E-state index contributed by atoms with van der Waals surface area (Å²) in [6.45, 7) is 0. The van der Waals surface area contributed by atoms with Crippen LogP contribution in [0.4, 0.5) is 0 Å². The van der Waals surface area contributed by atoms with Gasteiger partial charge in [-0.3, -0.25) is 4.55 Å². The van der Waals surface area contributed by atoms with Gasteiger partial charge in [-0.1, -0.05) is 76.7 Å². The van der Waals surface area contributed by atoms with Crippen molar-refractivity contribution in [1.29, 1.82) is 0 Å². The van der Waals surface area contributed by atoms with Gasteiger partial charge in [-0.25, -0.2) is 0 Å². The van der Waals surface area contributed by atoms with Crippen LogP contribution in [0.5, 0.6) is 11.5 Å². The number of halogens is 4. The molecule has 3 rings (SSSR count). The largest absolute Gasteiger partial charge is 0.508 e. The molecule has 0 amide bonds. The number of aromatic hydroxyl groups is 2. The molecular formula is C19H12Cl4O5S. The maximum Gasteiger partial charge on any atom is 0.283 e. The molecule has 0 aromatic heterocycles. The molecule has 0 aliphatic heterocycles. The molecule has 0 fully saturated rings. The maximum atomic E-state index is 13.0. The van der Waals surface area contributed by atoms with E-state index >= 15 is 0 Å². The molecule has 0 bridgehead atoms. The molecule has 3 aromatic rings. The standard InChI is InChI=1S/C19H12Cl4O5S/c20-11-7-5-10(6-8-11)19(29(26,27)28,12-3-1-2-4-15(12)24)16-13(21)9-14(22)18(25)17(16)23/h1-9,24-25H,(H,26,27,28). The summed E-state index contributed by atoms with van der Waals surface area (Å²) >= 11 is 24.4. The van der Waals surface area contributed by atoms with Crippen molar-refractivity contribution in [3.05, 3.63) is 91.4 Å². The van der Waals surface area contributed by atoms with E-state index in [0.717, 1.165) is 6.07 Å². The van der Waals surface area contributed by atoms with Gasteiger partial charge in [-0.05, 0) is 29.8 Å². The first-order valence-corrected chi connectivity index (χ1v) is 10.9. The zero-order chi connectivity index (χ0) is 21.6. The number of para-hydroxylation sites is 1. The highest BCUT2D eigenvalue weighted by Crippen LogP contribution is 2.54. The van der Waals surface area contributed by atoms with Gasteiger partial charge in [0.05, 0.1) is 10.0 Å². The molecule has 1 unspecified atom stereocenters. The van der Waals surface area contributed by atoms with Crippen LogP contribution in [-0.2, 0) is 14.9 Å². The highest BCUT2D eigenvalue weighted by Gasteiger charge is 2.53. The number of hydrogen-bond donors (Lipinski definition) is 3. The minimum Gasteiger partial charge on any atom is -0.508 e. The van der Waals surface area contributed by atoms with Crippen LogP contribution in [0.3, 0.4) is 0 Å². The molecule has 3 N–H and O–H groups in total. The predicted molar refractivity (Wildman–Crippen MR) is 114 cm³/mol. The molecule has 0 aliphatic carbocycles. The zero-order valence-corrected chi connectivity index (χ0v) is 18.1. The Kier molecular flexibility index (Phi) is 5.98. The van der Waals surface area contributed by atoms with E-state index in [9.17, 15) is 23.2 Å². The molecule has 0 saturated heterocycles. The van der Waals surface area contributed by atoms with Crippen LogP contribution in [0.1, 0.15) is 16.7 Å². The maximum absolute atomic E-state index is 13.0. The van der Waals surface area contributed by atoms with E-state index in [2.05, 4.69) is 0 Å². The lowest BCUT2D eigenvalue weighted by Gasteiger charge is -2.34. The second-order valence-electron chi connectivity index (χ2n) is 6.06. The molecule has 0 spiro atoms. The van der Waals surface area contributed by atoms with E-state index in [0.29, 0.717) is 5.02 Å². The molecule has 10 heteroatoms. The molecule has 0 heterocycles. The molecule has 5 nitrogen and oxygen atoms in total. The molecule has 0 saturated carbocycles. The molecular weight excluding hydrogens is 482 g/mol. The van der Waals surface area contributed by atoms with Gasteiger partial charge < -0.3 is 10.2 Å². The summed E-state index contributed by atoms with van der Waals surface area (Å²) in [7, 11) is -5.12. The third-order valence-corrected chi connectivity index (χ3v) is 7.06. The Hall–Kier alpha value is -1.67. The zero-order valence-electron chi connectivity index (χ0n) is 14.3. The third kappa shape index (κ3) is 3.54. The molecule has 0 radical (unpaired) electrons. The van der Waals surface area contributed by atoms with Crippen LogP contribution >= 0.6 is 46.4 Å². The van der Waals surface area contributed by atoms with E-state index in [1.807, 2.05) is 0 Å². The van der Waals surface area contributed by atoms with Gasteiger partial charge in [0.1, 0.15) is 5.75 Å². The Morgan fingerprint density at radius 3 is 1.97 bits per heavy atom. The molecule has 29 heavy (non-hydrogen) atoms. The fraction of sp³-hybridized carbons (Fsp3) is 0.0526. The average molecular weight is 494 g/mol. The molecule has 152 valence electrons. The minimum atomic E-state index is -5.12. The fourth-order valence-corrected chi connectivity index (χ4v) is 5.85. The van der Waals surface area contributed by atoms with E-state index in [-0.39, 0.29) is 26.7 Å². The summed E-state index contributed by atoms with van der Waals surface area (Å²) in [4.78, 5) is 0. The Balaban J connectivity index is 2.64. The summed E-state index contributed by atoms with van der Waals surface area (Å²) in [5.74, 6) is -1.09. The van der Waals surface area contributed by atoms with E-state index < -0.39 is 31.4 Å². The van der Waals surface area contributed by atoms with Crippen molar-refractivity contribution in [1.82, 2.24) is 0 Å². The van der Waals surface area contributed by atoms with Crippen molar-refractivity contribution in [2.45, 2.75) is 4.75 Å². The second kappa shape index (κ2) is 7.87. The van der Waals surface area contributed by atoms with Crippen LogP contribution < -0.4 is 0 Å². The number of benzene rings is 3. The first-order valence-electron chi connectivity index (χ1n) is 7.90. The minimum absolute atomic E-state index is 0.0311. The van der Waals surface area contributed by atoms with Crippen molar-refractivity contribution >= 4 is 56.5 Å². The van der Waals surface area contributed by atoms with Gasteiger partial charge >= 0.3 is 0 Å². The van der Waals surface area contributed by atoms with Crippen molar-refractivity contribution in [3.63, 3.8) is 0 Å². The number of rotatable bonds is 4. The van der Waals surface area contributed by atoms with Crippen molar-refractivity contribution in [2.75, 3.05) is 0 Å². The Morgan fingerprint density at radius 1 is 0.828 bits per heavy atom. The average Bonchev–Trinajstić information content (AvgIpc) is 2.64. The predicted octanol–water partition coefficient (Wildman–Crippen LogP) is 5.89. The first kappa shape index (κ1) is 22.0. The van der Waals surface area contributed by atoms with Crippen molar-refractivity contribution in [2.24, 2.45) is 0 Å². The molecule has 1 atom stereocenters. The molecule has 3 aromatic carbocycles. The van der Waals surface area contributed by atoms with E-state index in [1.54, 1.807) is 0 Å². The van der Waals surface area contributed by atoms with Crippen molar-refractivity contribution < 1.29 is 23.2 Å². The summed E-state index contributed by atoms with van der Waals surface area (Å²) < 4.78 is 33.9. The van der Waals surface area contributed by atoms with Gasteiger partial charge in [0.2, 0.25) is 0 Å². The summed E-state index contributed by atoms with van der Waals surface area (Å²) in [6, 6.07) is 12.0. The first-order chi connectivity index (χ1) is 13.5. The number of phenolic OH excluding ortho intramolecular Hbond substituents is 2. The van der Waals surface area contributed by atoms with E-state index in [4.69, 9.17) is 46.4 Å². The highest BCUT2D eigenvalue weighted by atomic mass is 35.5. The SMILES string of the molecule is O=S(=O)(O)C(c1ccc(Cl)cc1)(c1ccccc1O)c1c(Cl)cc(Cl)c(O)c1Cl. The van der Waals surface area contributed by atoms with E-state index in [1.165, 1.54) is 48.5 Å². The Bertz CT molecular complexity index is 1200. The van der Waals surface area contributed by atoms with Crippen LogP contribution in [0.15, 0.2) is 54.6 Å². The third-order valence-electron chi connectivity index (χ3n) is 4.42. The smallest absolute Gasteiger partial charge is 0.283 e.